The average molecular weight is 308 g/mol. The summed E-state index contributed by atoms with van der Waals surface area (Å²) in [6.07, 6.45) is 0.117. The van der Waals surface area contributed by atoms with Gasteiger partial charge in [0.2, 0.25) is 13.5 Å². The molecule has 0 aliphatic heterocycles. The molecule has 0 fully saturated rings. The Hall–Kier alpha value is -0.690. The Bertz CT molecular complexity index is 505. The van der Waals surface area contributed by atoms with E-state index in [1.54, 1.807) is 30.3 Å². The Morgan fingerprint density at radius 3 is 2.35 bits per heavy atom. The predicted molar refractivity (Wildman–Crippen MR) is 66.4 cm³/mol. The maximum atomic E-state index is 11.6. The standard InChI is InChI=1S/C11H15N2O5P.Na/c1-12-10(14)9(13-11(15)19(16,17)18)7-8-5-3-2-4-6-8;/h2-6,9H,7H2,1H3,(H,12,14)(H,13,15)(H2,16,17,18);/q;+1/p-1. The quantitative estimate of drug-likeness (QED) is 0.387. The van der Waals surface area contributed by atoms with Crippen molar-refractivity contribution >= 4 is 19.2 Å². The zero-order valence-corrected chi connectivity index (χ0v) is 14.1. The minimum atomic E-state index is -5.15. The predicted octanol–water partition coefficient (Wildman–Crippen LogP) is -3.40. The van der Waals surface area contributed by atoms with Gasteiger partial charge in [0, 0.05) is 13.5 Å². The van der Waals surface area contributed by atoms with Gasteiger partial charge in [-0.15, -0.1) is 0 Å². The van der Waals surface area contributed by atoms with E-state index in [2.05, 4.69) is 5.32 Å². The fourth-order valence-electron chi connectivity index (χ4n) is 1.46. The fourth-order valence-corrected chi connectivity index (χ4v) is 1.78. The van der Waals surface area contributed by atoms with E-state index in [-0.39, 0.29) is 36.0 Å². The van der Waals surface area contributed by atoms with E-state index in [0.29, 0.717) is 0 Å². The number of likely N-dealkylation sites (N-methyl/N-ethyl adjacent to an activating group) is 1. The molecule has 3 N–H and O–H groups in total. The summed E-state index contributed by atoms with van der Waals surface area (Å²) in [5, 5.41) is 4.29. The molecule has 1 rings (SSSR count). The fraction of sp³-hybridized carbons (Fsp3) is 0.273. The molecule has 0 aromatic heterocycles. The first-order chi connectivity index (χ1) is 8.84. The zero-order valence-electron chi connectivity index (χ0n) is 11.2. The number of benzene rings is 1. The third kappa shape index (κ3) is 6.17. The molecule has 1 aromatic carbocycles. The van der Waals surface area contributed by atoms with Crippen molar-refractivity contribution in [2.75, 3.05) is 7.05 Å². The van der Waals surface area contributed by atoms with Gasteiger partial charge in [0.1, 0.15) is 6.04 Å². The van der Waals surface area contributed by atoms with Gasteiger partial charge in [-0.1, -0.05) is 30.3 Å². The topological polar surface area (TPSA) is 119 Å². The van der Waals surface area contributed by atoms with E-state index in [1.165, 1.54) is 7.05 Å². The summed E-state index contributed by atoms with van der Waals surface area (Å²) >= 11 is 0. The summed E-state index contributed by atoms with van der Waals surface area (Å²) in [4.78, 5) is 42.0. The number of hydrogen-bond acceptors (Lipinski definition) is 4. The molecular weight excluding hydrogens is 294 g/mol. The molecule has 7 nitrogen and oxygen atoms in total. The largest absolute Gasteiger partial charge is 1.00 e. The maximum Gasteiger partial charge on any atom is 1.00 e. The van der Waals surface area contributed by atoms with Gasteiger partial charge in [-0.3, -0.25) is 14.2 Å². The maximum absolute atomic E-state index is 11.6. The molecule has 0 spiro atoms. The van der Waals surface area contributed by atoms with Crippen LogP contribution in [0.3, 0.4) is 0 Å². The van der Waals surface area contributed by atoms with E-state index >= 15 is 0 Å². The number of hydrogen-bond donors (Lipinski definition) is 3. The van der Waals surface area contributed by atoms with Crippen LogP contribution in [0.4, 0.5) is 4.79 Å². The van der Waals surface area contributed by atoms with Crippen LogP contribution in [0, 0.1) is 0 Å². The van der Waals surface area contributed by atoms with Gasteiger partial charge >= 0.3 is 29.6 Å². The number of carbonyl (C=O) groups excluding carboxylic acids is 2. The summed E-state index contributed by atoms with van der Waals surface area (Å²) in [7, 11) is -3.78. The second kappa shape index (κ2) is 8.56. The number of carbonyl (C=O) groups is 2. The Morgan fingerprint density at radius 1 is 1.35 bits per heavy atom. The summed E-state index contributed by atoms with van der Waals surface area (Å²) in [6.45, 7) is 0. The molecule has 0 saturated carbocycles. The molecule has 2 unspecified atom stereocenters. The molecule has 0 radical (unpaired) electrons. The molecule has 0 aliphatic rings. The first kappa shape index (κ1) is 19.3. The third-order valence-corrected chi connectivity index (χ3v) is 3.04. The summed E-state index contributed by atoms with van der Waals surface area (Å²) in [5.74, 6) is -0.550. The first-order valence-electron chi connectivity index (χ1n) is 5.45. The van der Waals surface area contributed by atoms with Crippen molar-refractivity contribution in [3.63, 3.8) is 0 Å². The minimum absolute atomic E-state index is 0. The van der Waals surface area contributed by atoms with Gasteiger partial charge in [0.15, 0.2) is 0 Å². The van der Waals surface area contributed by atoms with Gasteiger partial charge < -0.3 is 20.4 Å². The van der Waals surface area contributed by atoms with E-state index in [0.717, 1.165) is 5.56 Å². The van der Waals surface area contributed by atoms with Gasteiger partial charge in [-0.05, 0) is 5.56 Å². The minimum Gasteiger partial charge on any atom is -0.772 e. The SMILES string of the molecule is CNC(=O)C(Cc1ccccc1)NC(=O)P(=O)([O-])O.[Na+]. The molecule has 9 heteroatoms. The van der Waals surface area contributed by atoms with Gasteiger partial charge in [0.25, 0.3) is 5.65 Å². The van der Waals surface area contributed by atoms with E-state index < -0.39 is 25.2 Å². The normalized spacial score (nSPS) is 14.3. The van der Waals surface area contributed by atoms with Crippen LogP contribution >= 0.6 is 7.60 Å². The number of rotatable bonds is 5. The Labute approximate surface area is 138 Å². The van der Waals surface area contributed by atoms with Gasteiger partial charge in [-0.25, -0.2) is 0 Å². The molecular formula is C11H14N2NaO5P. The van der Waals surface area contributed by atoms with Gasteiger partial charge in [-0.2, -0.15) is 0 Å². The molecule has 20 heavy (non-hydrogen) atoms. The van der Waals surface area contributed by atoms with E-state index in [9.17, 15) is 19.0 Å². The van der Waals surface area contributed by atoms with Crippen LogP contribution in [0.2, 0.25) is 0 Å². The third-order valence-electron chi connectivity index (χ3n) is 2.40. The van der Waals surface area contributed by atoms with Crippen molar-refractivity contribution in [1.82, 2.24) is 10.6 Å². The van der Waals surface area contributed by atoms with Crippen LogP contribution in [0.5, 0.6) is 0 Å². The first-order valence-corrected chi connectivity index (χ1v) is 7.02. The Morgan fingerprint density at radius 2 is 1.90 bits per heavy atom. The van der Waals surface area contributed by atoms with Crippen molar-refractivity contribution < 1.29 is 53.5 Å². The van der Waals surface area contributed by atoms with Crippen molar-refractivity contribution in [2.45, 2.75) is 12.5 Å². The number of nitrogens with one attached hydrogen (secondary N) is 2. The summed E-state index contributed by atoms with van der Waals surface area (Å²) < 4.78 is 10.7. The van der Waals surface area contributed by atoms with Crippen LogP contribution in [-0.4, -0.2) is 29.5 Å². The number of amides is 2. The van der Waals surface area contributed by atoms with E-state index in [4.69, 9.17) is 4.89 Å². The van der Waals surface area contributed by atoms with Crippen molar-refractivity contribution in [3.8, 4) is 0 Å². The summed E-state index contributed by atoms with van der Waals surface area (Å²) in [6, 6.07) is 7.69. The van der Waals surface area contributed by atoms with Crippen LogP contribution in [0.1, 0.15) is 5.56 Å². The summed E-state index contributed by atoms with van der Waals surface area (Å²) in [5.41, 5.74) is -0.827. The Balaban J connectivity index is 0.00000361. The van der Waals surface area contributed by atoms with Crippen LogP contribution in [-0.2, 0) is 15.8 Å². The zero-order chi connectivity index (χ0) is 14.5. The Kier molecular flexibility index (Phi) is 8.27. The molecule has 0 bridgehead atoms. The van der Waals surface area contributed by atoms with E-state index in [1.807, 2.05) is 5.32 Å². The molecule has 0 aliphatic carbocycles. The molecule has 1 aromatic rings. The monoisotopic (exact) mass is 308 g/mol. The van der Waals surface area contributed by atoms with Crippen LogP contribution < -0.4 is 45.1 Å². The molecule has 104 valence electrons. The molecule has 2 atom stereocenters. The van der Waals surface area contributed by atoms with Gasteiger partial charge in [0.05, 0.1) is 0 Å². The average Bonchev–Trinajstić information content (AvgIpc) is 2.37. The van der Waals surface area contributed by atoms with Crippen molar-refractivity contribution in [3.05, 3.63) is 35.9 Å². The molecule has 0 saturated heterocycles. The van der Waals surface area contributed by atoms with Crippen molar-refractivity contribution in [1.29, 1.82) is 0 Å². The smallest absolute Gasteiger partial charge is 0.772 e. The van der Waals surface area contributed by atoms with Crippen LogP contribution in [0.15, 0.2) is 30.3 Å². The second-order valence-electron chi connectivity index (χ2n) is 3.83. The molecule has 2 amide bonds. The second-order valence-corrected chi connectivity index (χ2v) is 5.27. The molecule has 0 heterocycles. The van der Waals surface area contributed by atoms with Crippen LogP contribution in [0.25, 0.3) is 0 Å². The van der Waals surface area contributed by atoms with Crippen molar-refractivity contribution in [2.24, 2.45) is 0 Å².